The van der Waals surface area contributed by atoms with E-state index in [1.54, 1.807) is 0 Å². The van der Waals surface area contributed by atoms with E-state index in [1.165, 1.54) is 70.6 Å². The first-order valence-electron chi connectivity index (χ1n) is 16.6. The van der Waals surface area contributed by atoms with Crippen molar-refractivity contribution in [3.63, 3.8) is 0 Å². The predicted octanol–water partition coefficient (Wildman–Crippen LogP) is 8.53. The molecule has 0 radical (unpaired) electrons. The highest BCUT2D eigenvalue weighted by molar-refractivity contribution is 6.98. The quantitative estimate of drug-likeness (QED) is 0.103. The molecular weight excluding hydrogens is 520 g/mol. The number of benzene rings is 2. The van der Waals surface area contributed by atoms with Crippen molar-refractivity contribution in [2.75, 3.05) is 13.2 Å². The summed E-state index contributed by atoms with van der Waals surface area (Å²) < 4.78 is 11.4. The molecule has 4 heteroatoms. The first kappa shape index (κ1) is 33.6. The second-order valence-electron chi connectivity index (χ2n) is 12.5. The zero-order valence-electron chi connectivity index (χ0n) is 26.0. The summed E-state index contributed by atoms with van der Waals surface area (Å²) in [6.45, 7) is 6.23. The minimum Gasteiger partial charge on any atom is -0.424 e. The van der Waals surface area contributed by atoms with E-state index in [2.05, 4.69) is 74.2 Å². The summed E-state index contributed by atoms with van der Waals surface area (Å²) >= 11 is 0. The van der Waals surface area contributed by atoms with Crippen LogP contribution in [0.15, 0.2) is 60.7 Å². The smallest absolute Gasteiger partial charge is 0.258 e. The van der Waals surface area contributed by atoms with Crippen LogP contribution < -0.4 is 10.4 Å². The van der Waals surface area contributed by atoms with Gasteiger partial charge in [0.15, 0.2) is 6.29 Å². The van der Waals surface area contributed by atoms with Crippen LogP contribution in [-0.4, -0.2) is 32.6 Å². The summed E-state index contributed by atoms with van der Waals surface area (Å²) in [4.78, 5) is 12.3. The molecule has 1 aliphatic rings. The van der Waals surface area contributed by atoms with E-state index in [4.69, 9.17) is 9.47 Å². The Kier molecular flexibility index (Phi) is 15.8. The van der Waals surface area contributed by atoms with Gasteiger partial charge >= 0.3 is 0 Å². The summed E-state index contributed by atoms with van der Waals surface area (Å²) in [7, 11) is -2.86. The van der Waals surface area contributed by atoms with Gasteiger partial charge in [-0.1, -0.05) is 126 Å². The second-order valence-corrected chi connectivity index (χ2v) is 16.4. The number of rotatable bonds is 19. The van der Waals surface area contributed by atoms with Crippen molar-refractivity contribution in [2.45, 2.75) is 134 Å². The topological polar surface area (TPSA) is 38.7 Å². The van der Waals surface area contributed by atoms with Gasteiger partial charge in [0.2, 0.25) is 0 Å². The highest BCUT2D eigenvalue weighted by atomic mass is 28.4. The van der Waals surface area contributed by atoms with Gasteiger partial charge in [-0.05, 0) is 60.4 Å². The first-order valence-corrected chi connectivity index (χ1v) is 18.5. The van der Waals surface area contributed by atoms with Gasteiger partial charge in [0.1, 0.15) is 0 Å². The van der Waals surface area contributed by atoms with Crippen molar-refractivity contribution in [3.8, 4) is 11.8 Å². The van der Waals surface area contributed by atoms with Crippen LogP contribution in [0, 0.1) is 11.8 Å². The normalized spacial score (nSPS) is 15.8. The fourth-order valence-corrected chi connectivity index (χ4v) is 9.84. The van der Waals surface area contributed by atoms with E-state index in [1.807, 2.05) is 12.1 Å². The van der Waals surface area contributed by atoms with Gasteiger partial charge < -0.3 is 14.3 Å². The van der Waals surface area contributed by atoms with Crippen LogP contribution in [0.5, 0.6) is 0 Å². The molecule has 0 aliphatic carbocycles. The molecule has 3 nitrogen and oxygen atoms in total. The summed E-state index contributed by atoms with van der Waals surface area (Å²) in [5, 5.41) is 2.11. The lowest BCUT2D eigenvalue weighted by Gasteiger charge is -2.41. The van der Waals surface area contributed by atoms with Gasteiger partial charge in [-0.25, -0.2) is 0 Å². The van der Waals surface area contributed by atoms with Gasteiger partial charge in [0.25, 0.3) is 8.32 Å². The third kappa shape index (κ3) is 11.7. The Hall–Kier alpha value is -1.90. The molecule has 226 valence electrons. The van der Waals surface area contributed by atoms with Crippen LogP contribution in [0.2, 0.25) is 5.04 Å². The first-order chi connectivity index (χ1) is 20.0. The SMILES string of the molecule is CC(C)(CCCCCCCCCCCC#CCCCCOC1CCCCO1)[Si](O)(c1ccccc1)c1ccccc1. The van der Waals surface area contributed by atoms with E-state index in [0.717, 1.165) is 62.1 Å². The summed E-state index contributed by atoms with van der Waals surface area (Å²) in [5.74, 6) is 6.71. The third-order valence-corrected chi connectivity index (χ3v) is 13.3. The molecule has 0 saturated carbocycles. The van der Waals surface area contributed by atoms with Crippen molar-refractivity contribution >= 4 is 18.7 Å². The monoisotopic (exact) mass is 576 g/mol. The lowest BCUT2D eigenvalue weighted by Crippen LogP contribution is -2.65. The molecule has 2 aromatic carbocycles. The maximum absolute atomic E-state index is 12.3. The predicted molar refractivity (Wildman–Crippen MR) is 176 cm³/mol. The zero-order chi connectivity index (χ0) is 29.1. The molecule has 2 aromatic rings. The second kappa shape index (κ2) is 19.3. The number of hydrogen-bond acceptors (Lipinski definition) is 3. The minimum atomic E-state index is -2.86. The number of ether oxygens (including phenoxy) is 2. The molecule has 1 atom stereocenters. The zero-order valence-corrected chi connectivity index (χ0v) is 27.0. The molecule has 41 heavy (non-hydrogen) atoms. The van der Waals surface area contributed by atoms with Gasteiger partial charge in [-0.2, -0.15) is 0 Å². The number of unbranched alkanes of at least 4 members (excludes halogenated alkanes) is 11. The Bertz CT molecular complexity index is 950. The van der Waals surface area contributed by atoms with Crippen molar-refractivity contribution in [3.05, 3.63) is 60.7 Å². The maximum atomic E-state index is 12.3. The Balaban J connectivity index is 1.19. The molecule has 1 heterocycles. The van der Waals surface area contributed by atoms with Crippen molar-refractivity contribution in [1.82, 2.24) is 0 Å². The van der Waals surface area contributed by atoms with E-state index in [-0.39, 0.29) is 11.3 Å². The van der Waals surface area contributed by atoms with Gasteiger partial charge in [0, 0.05) is 26.1 Å². The Morgan fingerprint density at radius 1 is 0.732 bits per heavy atom. The van der Waals surface area contributed by atoms with Crippen molar-refractivity contribution < 1.29 is 14.3 Å². The molecule has 1 N–H and O–H groups in total. The summed E-state index contributed by atoms with van der Waals surface area (Å²) in [6.07, 6.45) is 20.4. The van der Waals surface area contributed by atoms with Gasteiger partial charge in [0.05, 0.1) is 0 Å². The van der Waals surface area contributed by atoms with E-state index in [0.29, 0.717) is 0 Å². The Labute approximate surface area is 252 Å². The third-order valence-electron chi connectivity index (χ3n) is 8.73. The molecule has 0 bridgehead atoms. The van der Waals surface area contributed by atoms with Crippen LogP contribution >= 0.6 is 0 Å². The van der Waals surface area contributed by atoms with E-state index < -0.39 is 8.32 Å². The molecular formula is C37H56O3Si. The summed E-state index contributed by atoms with van der Waals surface area (Å²) in [5.41, 5.74) is 0. The lowest BCUT2D eigenvalue weighted by molar-refractivity contribution is -0.162. The fraction of sp³-hybridized carbons (Fsp3) is 0.622. The molecule has 0 aromatic heterocycles. The van der Waals surface area contributed by atoms with E-state index in [9.17, 15) is 4.80 Å². The lowest BCUT2D eigenvalue weighted by atomic mass is 10.0. The molecule has 1 fully saturated rings. The van der Waals surface area contributed by atoms with Crippen molar-refractivity contribution in [2.24, 2.45) is 0 Å². The Morgan fingerprint density at radius 2 is 1.24 bits per heavy atom. The summed E-state index contributed by atoms with van der Waals surface area (Å²) in [6, 6.07) is 20.8. The van der Waals surface area contributed by atoms with Gasteiger partial charge in [-0.15, -0.1) is 11.8 Å². The standard InChI is InChI=1S/C37H56O3Si/c1-37(2,41(38,34-26-18-16-19-27-34)35-28-20-17-21-29-35)31-23-14-12-10-8-6-4-3-5-7-9-11-13-15-24-32-39-36-30-22-25-33-40-36/h16-21,26-29,36,38H,3-8,10,12-15,22-25,30-33H2,1-2H3. The number of hydrogen-bond donors (Lipinski definition) is 1. The fourth-order valence-electron chi connectivity index (χ4n) is 6.06. The van der Waals surface area contributed by atoms with Crippen LogP contribution in [-0.2, 0) is 9.47 Å². The minimum absolute atomic E-state index is 0.0434. The molecule has 0 spiro atoms. The van der Waals surface area contributed by atoms with Crippen LogP contribution in [0.3, 0.4) is 0 Å². The highest BCUT2D eigenvalue weighted by Crippen LogP contribution is 2.40. The molecule has 1 saturated heterocycles. The maximum Gasteiger partial charge on any atom is 0.258 e. The average Bonchev–Trinajstić information content (AvgIpc) is 3.01. The van der Waals surface area contributed by atoms with Crippen LogP contribution in [0.4, 0.5) is 0 Å². The average molecular weight is 577 g/mol. The van der Waals surface area contributed by atoms with Crippen LogP contribution in [0.25, 0.3) is 0 Å². The highest BCUT2D eigenvalue weighted by Gasteiger charge is 2.49. The molecule has 0 amide bonds. The molecule has 1 aliphatic heterocycles. The van der Waals surface area contributed by atoms with Crippen molar-refractivity contribution in [1.29, 1.82) is 0 Å². The van der Waals surface area contributed by atoms with E-state index >= 15 is 0 Å². The van der Waals surface area contributed by atoms with Gasteiger partial charge in [-0.3, -0.25) is 0 Å². The Morgan fingerprint density at radius 3 is 1.78 bits per heavy atom. The molecule has 1 unspecified atom stereocenters. The largest absolute Gasteiger partial charge is 0.424 e. The van der Waals surface area contributed by atoms with Crippen LogP contribution in [0.1, 0.15) is 123 Å². The molecule has 3 rings (SSSR count).